The zero-order chi connectivity index (χ0) is 13.3. The number of carbonyl (C=O) groups is 2. The summed E-state index contributed by atoms with van der Waals surface area (Å²) < 4.78 is 1.46. The van der Waals surface area contributed by atoms with E-state index in [1.807, 2.05) is 0 Å². The second kappa shape index (κ2) is 5.50. The Kier molecular flexibility index (Phi) is 4.19. The summed E-state index contributed by atoms with van der Waals surface area (Å²) in [6, 6.07) is 3.47. The third-order valence-corrected chi connectivity index (χ3v) is 3.98. The second-order valence-electron chi connectivity index (χ2n) is 4.20. The number of anilines is 1. The fourth-order valence-electron chi connectivity index (χ4n) is 2.08. The number of aldehydes is 1. The summed E-state index contributed by atoms with van der Waals surface area (Å²) in [6.45, 7) is 0.420. The van der Waals surface area contributed by atoms with Crippen LogP contribution >= 0.6 is 31.9 Å². The van der Waals surface area contributed by atoms with Gasteiger partial charge in [-0.2, -0.15) is 0 Å². The maximum atomic E-state index is 11.9. The van der Waals surface area contributed by atoms with Gasteiger partial charge in [0.15, 0.2) is 6.29 Å². The van der Waals surface area contributed by atoms with Crippen LogP contribution in [0.1, 0.15) is 16.8 Å². The molecule has 6 heteroatoms. The third-order valence-electron chi connectivity index (χ3n) is 2.92. The number of carbonyl (C=O) groups excluding carboxylic acids is 2. The number of benzene rings is 1. The van der Waals surface area contributed by atoms with Gasteiger partial charge >= 0.3 is 0 Å². The summed E-state index contributed by atoms with van der Waals surface area (Å²) in [5.74, 6) is -0.132. The van der Waals surface area contributed by atoms with Crippen LogP contribution in [0.3, 0.4) is 0 Å². The first-order chi connectivity index (χ1) is 8.56. The van der Waals surface area contributed by atoms with E-state index in [2.05, 4.69) is 31.9 Å². The molecule has 0 bridgehead atoms. The van der Waals surface area contributed by atoms with Crippen LogP contribution in [0.5, 0.6) is 0 Å². The second-order valence-corrected chi connectivity index (χ2v) is 5.97. The monoisotopic (exact) mass is 375 g/mol. The summed E-state index contributed by atoms with van der Waals surface area (Å²) in [4.78, 5) is 24.6. The summed E-state index contributed by atoms with van der Waals surface area (Å²) >= 11 is 6.68. The van der Waals surface area contributed by atoms with Gasteiger partial charge in [0.25, 0.3) is 0 Å². The molecule has 1 aromatic carbocycles. The molecule has 1 aliphatic rings. The molecule has 0 saturated carbocycles. The average Bonchev–Trinajstić information content (AvgIpc) is 2.69. The number of hydrogen-bond donors (Lipinski definition) is 1. The number of halogens is 2. The molecule has 1 fully saturated rings. The van der Waals surface area contributed by atoms with Crippen LogP contribution in [0.2, 0.25) is 0 Å². The molecule has 1 saturated heterocycles. The molecule has 4 nitrogen and oxygen atoms in total. The van der Waals surface area contributed by atoms with Gasteiger partial charge in [0.1, 0.15) is 0 Å². The van der Waals surface area contributed by atoms with Crippen molar-refractivity contribution in [2.24, 2.45) is 5.92 Å². The lowest BCUT2D eigenvalue weighted by Gasteiger charge is -2.20. The molecule has 1 aliphatic heterocycles. The molecule has 1 N–H and O–H groups in total. The molecule has 96 valence electrons. The Morgan fingerprint density at radius 3 is 2.72 bits per heavy atom. The number of hydrogen-bond acceptors (Lipinski definition) is 3. The first kappa shape index (κ1) is 13.7. The Hall–Kier alpha value is -0.720. The summed E-state index contributed by atoms with van der Waals surface area (Å²) in [7, 11) is 0. The van der Waals surface area contributed by atoms with E-state index in [4.69, 9.17) is 5.11 Å². The van der Waals surface area contributed by atoms with Crippen LogP contribution < -0.4 is 4.90 Å². The van der Waals surface area contributed by atoms with E-state index in [0.29, 0.717) is 28.7 Å². The SMILES string of the molecule is O=Cc1cc(Br)cc(Br)c1N1CC(CO)CC1=O. The van der Waals surface area contributed by atoms with Crippen LogP contribution in [-0.4, -0.2) is 30.5 Å². The van der Waals surface area contributed by atoms with Crippen molar-refractivity contribution in [2.45, 2.75) is 6.42 Å². The molecule has 0 aliphatic carbocycles. The lowest BCUT2D eigenvalue weighted by atomic mass is 10.1. The van der Waals surface area contributed by atoms with Crippen molar-refractivity contribution < 1.29 is 14.7 Å². The molecule has 1 heterocycles. The number of rotatable bonds is 3. The molecule has 1 unspecified atom stereocenters. The van der Waals surface area contributed by atoms with Crippen molar-refractivity contribution in [3.05, 3.63) is 26.6 Å². The van der Waals surface area contributed by atoms with Crippen molar-refractivity contribution >= 4 is 49.7 Å². The summed E-state index contributed by atoms with van der Waals surface area (Å²) in [6.07, 6.45) is 1.04. The first-order valence-corrected chi connectivity index (χ1v) is 7.01. The number of amides is 1. The average molecular weight is 377 g/mol. The minimum atomic E-state index is -0.0693. The molecular formula is C12H11Br2NO3. The number of aliphatic hydroxyl groups excluding tert-OH is 1. The van der Waals surface area contributed by atoms with Crippen molar-refractivity contribution in [1.82, 2.24) is 0 Å². The van der Waals surface area contributed by atoms with Crippen LogP contribution in [0, 0.1) is 5.92 Å². The number of nitrogens with zero attached hydrogens (tertiary/aromatic N) is 1. The van der Waals surface area contributed by atoms with Crippen LogP contribution in [-0.2, 0) is 4.79 Å². The third kappa shape index (κ3) is 2.50. The molecule has 0 spiro atoms. The molecule has 2 rings (SSSR count). The topological polar surface area (TPSA) is 57.6 Å². The standard InChI is InChI=1S/C12H11Br2NO3/c13-9-2-8(6-17)12(10(14)3-9)15-4-7(5-16)1-11(15)18/h2-3,6-7,16H,1,4-5H2. The summed E-state index contributed by atoms with van der Waals surface area (Å²) in [5.41, 5.74) is 1.03. The van der Waals surface area contributed by atoms with E-state index in [1.54, 1.807) is 17.0 Å². The van der Waals surface area contributed by atoms with Gasteiger partial charge in [-0.3, -0.25) is 9.59 Å². The molecular weight excluding hydrogens is 366 g/mol. The molecule has 1 amide bonds. The highest BCUT2D eigenvalue weighted by molar-refractivity contribution is 9.11. The van der Waals surface area contributed by atoms with E-state index >= 15 is 0 Å². The predicted octanol–water partition coefficient (Wildman–Crippen LogP) is 2.37. The van der Waals surface area contributed by atoms with Gasteiger partial charge in [0, 0.05) is 40.0 Å². The van der Waals surface area contributed by atoms with Gasteiger partial charge in [0.05, 0.1) is 5.69 Å². The van der Waals surface area contributed by atoms with Crippen molar-refractivity contribution in [3.8, 4) is 0 Å². The fraction of sp³-hybridized carbons (Fsp3) is 0.333. The lowest BCUT2D eigenvalue weighted by Crippen LogP contribution is -2.26. The minimum absolute atomic E-state index is 0.0210. The van der Waals surface area contributed by atoms with Gasteiger partial charge in [-0.1, -0.05) is 15.9 Å². The van der Waals surface area contributed by atoms with E-state index in [9.17, 15) is 9.59 Å². The van der Waals surface area contributed by atoms with Crippen molar-refractivity contribution in [1.29, 1.82) is 0 Å². The predicted molar refractivity (Wildman–Crippen MR) is 74.8 cm³/mol. The highest BCUT2D eigenvalue weighted by Crippen LogP contribution is 2.36. The van der Waals surface area contributed by atoms with Gasteiger partial charge in [-0.15, -0.1) is 0 Å². The zero-order valence-corrected chi connectivity index (χ0v) is 12.6. The highest BCUT2D eigenvalue weighted by atomic mass is 79.9. The Bertz CT molecular complexity index is 504. The number of aliphatic hydroxyl groups is 1. The molecule has 0 aromatic heterocycles. The minimum Gasteiger partial charge on any atom is -0.396 e. The van der Waals surface area contributed by atoms with E-state index in [-0.39, 0.29) is 18.4 Å². The lowest BCUT2D eigenvalue weighted by molar-refractivity contribution is -0.117. The Balaban J connectivity index is 2.45. The van der Waals surface area contributed by atoms with E-state index < -0.39 is 0 Å². The summed E-state index contributed by atoms with van der Waals surface area (Å²) in [5, 5.41) is 9.12. The molecule has 0 radical (unpaired) electrons. The van der Waals surface area contributed by atoms with Crippen LogP contribution in [0.25, 0.3) is 0 Å². The van der Waals surface area contributed by atoms with E-state index in [0.717, 1.165) is 10.8 Å². The fourth-order valence-corrected chi connectivity index (χ4v) is 3.55. The molecule has 1 aromatic rings. The maximum absolute atomic E-state index is 11.9. The van der Waals surface area contributed by atoms with Crippen LogP contribution in [0.4, 0.5) is 5.69 Å². The Morgan fingerprint density at radius 2 is 2.17 bits per heavy atom. The van der Waals surface area contributed by atoms with E-state index in [1.165, 1.54) is 0 Å². The van der Waals surface area contributed by atoms with Crippen molar-refractivity contribution in [2.75, 3.05) is 18.1 Å². The van der Waals surface area contributed by atoms with Gasteiger partial charge < -0.3 is 10.0 Å². The smallest absolute Gasteiger partial charge is 0.227 e. The van der Waals surface area contributed by atoms with Crippen molar-refractivity contribution in [3.63, 3.8) is 0 Å². The first-order valence-electron chi connectivity index (χ1n) is 5.42. The maximum Gasteiger partial charge on any atom is 0.227 e. The Morgan fingerprint density at radius 1 is 1.44 bits per heavy atom. The highest BCUT2D eigenvalue weighted by Gasteiger charge is 2.32. The quantitative estimate of drug-likeness (QED) is 0.824. The normalized spacial score (nSPS) is 19.4. The van der Waals surface area contributed by atoms with Gasteiger partial charge in [-0.05, 0) is 28.1 Å². The Labute approximate surface area is 121 Å². The largest absolute Gasteiger partial charge is 0.396 e. The zero-order valence-electron chi connectivity index (χ0n) is 9.40. The van der Waals surface area contributed by atoms with Gasteiger partial charge in [0.2, 0.25) is 5.91 Å². The van der Waals surface area contributed by atoms with Crippen LogP contribution in [0.15, 0.2) is 21.1 Å². The molecule has 18 heavy (non-hydrogen) atoms. The van der Waals surface area contributed by atoms with Gasteiger partial charge in [-0.25, -0.2) is 0 Å². The molecule has 1 atom stereocenters.